The van der Waals surface area contributed by atoms with Gasteiger partial charge < -0.3 is 14.7 Å². The quantitative estimate of drug-likeness (QED) is 0.572. The Bertz CT molecular complexity index is 703. The van der Waals surface area contributed by atoms with Gasteiger partial charge in [-0.3, -0.25) is 9.89 Å². The lowest BCUT2D eigenvalue weighted by atomic mass is 10.1. The highest BCUT2D eigenvalue weighted by Crippen LogP contribution is 2.18. The second kappa shape index (κ2) is 8.70. The van der Waals surface area contributed by atoms with Crippen molar-refractivity contribution in [2.75, 3.05) is 31.1 Å². The number of aromatic nitrogens is 2. The van der Waals surface area contributed by atoms with E-state index in [4.69, 9.17) is 10.2 Å². The van der Waals surface area contributed by atoms with E-state index in [1.165, 1.54) is 32.4 Å². The Kier molecular flexibility index (Phi) is 6.36. The van der Waals surface area contributed by atoms with Crippen LogP contribution >= 0.6 is 22.9 Å². The molecule has 1 atom stereocenters. The van der Waals surface area contributed by atoms with Crippen LogP contribution in [0.25, 0.3) is 0 Å². The fourth-order valence-corrected chi connectivity index (χ4v) is 4.09. The van der Waals surface area contributed by atoms with Crippen molar-refractivity contribution in [3.63, 3.8) is 0 Å². The second-order valence-electron chi connectivity index (χ2n) is 5.82. The lowest BCUT2D eigenvalue weighted by Crippen LogP contribution is -2.28. The molecule has 3 N–H and O–H groups in total. The highest BCUT2D eigenvalue weighted by Gasteiger charge is 2.12. The third-order valence-corrected chi connectivity index (χ3v) is 5.59. The van der Waals surface area contributed by atoms with Crippen molar-refractivity contribution < 1.29 is 8.97 Å². The molecular weight excluding hydrogens is 346 g/mol. The van der Waals surface area contributed by atoms with Crippen LogP contribution in [0.15, 0.2) is 21.5 Å². The summed E-state index contributed by atoms with van der Waals surface area (Å²) in [5.41, 5.74) is 6.02. The average Bonchev–Trinajstić information content (AvgIpc) is 3.14. The van der Waals surface area contributed by atoms with Gasteiger partial charge in [0, 0.05) is 10.1 Å². The molecule has 0 radical (unpaired) electrons. The Morgan fingerprint density at radius 1 is 1.33 bits per heavy atom. The van der Waals surface area contributed by atoms with Crippen molar-refractivity contribution in [3.8, 4) is 0 Å². The van der Waals surface area contributed by atoms with Crippen LogP contribution in [0.5, 0.6) is 0 Å². The number of nitrogens with zero attached hydrogens (tertiary/aromatic N) is 3. The predicted molar refractivity (Wildman–Crippen MR) is 96.1 cm³/mol. The van der Waals surface area contributed by atoms with E-state index in [9.17, 15) is 4.55 Å². The van der Waals surface area contributed by atoms with Gasteiger partial charge in [0.25, 0.3) is 0 Å². The summed E-state index contributed by atoms with van der Waals surface area (Å²) >= 11 is 0.288. The van der Waals surface area contributed by atoms with Gasteiger partial charge >= 0.3 is 0 Å². The molecule has 0 spiro atoms. The molecule has 3 rings (SSSR count). The van der Waals surface area contributed by atoms with Gasteiger partial charge in [0.2, 0.25) is 11.3 Å². The van der Waals surface area contributed by atoms with Crippen LogP contribution in [0.1, 0.15) is 30.8 Å². The van der Waals surface area contributed by atoms with Crippen LogP contribution in [0.4, 0.5) is 5.82 Å². The molecule has 132 valence electrons. The van der Waals surface area contributed by atoms with Crippen LogP contribution in [-0.4, -0.2) is 43.6 Å². The number of likely N-dealkylation sites (tertiary alicyclic amines) is 1. The third kappa shape index (κ3) is 5.10. The summed E-state index contributed by atoms with van der Waals surface area (Å²) < 4.78 is 23.3. The number of hydrogen-bond acceptors (Lipinski definition) is 7. The molecule has 1 fully saturated rings. The maximum atomic E-state index is 11.1. The van der Waals surface area contributed by atoms with E-state index >= 15 is 0 Å². The Morgan fingerprint density at radius 3 is 2.88 bits per heavy atom. The van der Waals surface area contributed by atoms with Gasteiger partial charge in [-0.15, -0.1) is 4.37 Å². The fourth-order valence-electron chi connectivity index (χ4n) is 2.72. The van der Waals surface area contributed by atoms with Crippen LogP contribution in [0.3, 0.4) is 0 Å². The molecule has 0 bridgehead atoms. The summed E-state index contributed by atoms with van der Waals surface area (Å²) in [6, 6.07) is 4.14. The number of anilines is 1. The number of nitrogens with two attached hydrogens (primary N) is 1. The number of rotatable bonds is 7. The molecule has 1 saturated heterocycles. The lowest BCUT2D eigenvalue weighted by molar-refractivity contribution is 0.204. The molecule has 1 unspecified atom stereocenters. The van der Waals surface area contributed by atoms with Crippen LogP contribution in [0.2, 0.25) is 0 Å². The zero-order valence-corrected chi connectivity index (χ0v) is 15.2. The number of nitrogen functional groups attached to an aromatic ring is 1. The van der Waals surface area contributed by atoms with Crippen molar-refractivity contribution in [2.45, 2.75) is 31.6 Å². The van der Waals surface area contributed by atoms with Crippen LogP contribution in [-0.2, 0) is 12.3 Å². The topological polar surface area (TPSA) is 106 Å². The fraction of sp³-hybridized carbons (Fsp3) is 0.600. The first-order valence-electron chi connectivity index (χ1n) is 8.16. The standard InChI is InChI=1S/C15H23N5O2S2/c16-14-15(19-24(21)18-14)17-6-9-23-11-13-5-4-12(22-13)10-20-7-2-1-3-8-20/h4-5H,1-3,6-11H2,(H2,16,18)(H,17,19). The first-order valence-corrected chi connectivity index (χ1v) is 10.4. The van der Waals surface area contributed by atoms with E-state index in [0.717, 1.165) is 29.6 Å². The SMILES string of the molecule is Nc1n[s+]([O-])[nH]c1=NCCSCc1ccc(CN2CCCCC2)o1. The van der Waals surface area contributed by atoms with Gasteiger partial charge in [0.05, 0.1) is 18.8 Å². The zero-order chi connectivity index (χ0) is 16.8. The number of piperidine rings is 1. The number of H-pyrrole nitrogens is 1. The molecule has 0 aromatic carbocycles. The van der Waals surface area contributed by atoms with Crippen molar-refractivity contribution in [1.82, 2.24) is 13.6 Å². The first kappa shape index (κ1) is 17.5. The largest absolute Gasteiger partial charge is 0.548 e. The summed E-state index contributed by atoms with van der Waals surface area (Å²) in [6.45, 7) is 3.87. The molecule has 24 heavy (non-hydrogen) atoms. The molecule has 1 aliphatic rings. The van der Waals surface area contributed by atoms with Crippen LogP contribution in [0, 0.1) is 0 Å². The summed E-state index contributed by atoms with van der Waals surface area (Å²) in [7, 11) is 0. The monoisotopic (exact) mass is 369 g/mol. The predicted octanol–water partition coefficient (Wildman–Crippen LogP) is 2.13. The van der Waals surface area contributed by atoms with Crippen molar-refractivity contribution in [1.29, 1.82) is 0 Å². The Morgan fingerprint density at radius 2 is 2.12 bits per heavy atom. The molecule has 2 aromatic rings. The summed E-state index contributed by atoms with van der Waals surface area (Å²) in [5.74, 6) is 3.93. The van der Waals surface area contributed by atoms with Crippen molar-refractivity contribution in [3.05, 3.63) is 29.1 Å². The molecule has 0 aliphatic carbocycles. The molecule has 9 heteroatoms. The van der Waals surface area contributed by atoms with E-state index in [0.29, 0.717) is 12.0 Å². The smallest absolute Gasteiger partial charge is 0.229 e. The Hall–Kier alpha value is -1.29. The number of nitrogens with one attached hydrogen (secondary N) is 1. The highest BCUT2D eigenvalue weighted by atomic mass is 32.2. The summed E-state index contributed by atoms with van der Waals surface area (Å²) in [6.07, 6.45) is 3.94. The molecule has 1 aliphatic heterocycles. The molecule has 0 saturated carbocycles. The Labute approximate surface area is 148 Å². The molecular formula is C15H23N5O2S2. The summed E-state index contributed by atoms with van der Waals surface area (Å²) in [5, 5.41) is 0. The van der Waals surface area contributed by atoms with E-state index in [1.54, 1.807) is 11.8 Å². The molecule has 2 aromatic heterocycles. The molecule has 3 heterocycles. The van der Waals surface area contributed by atoms with E-state index < -0.39 is 11.1 Å². The zero-order valence-electron chi connectivity index (χ0n) is 13.6. The van der Waals surface area contributed by atoms with Crippen molar-refractivity contribution in [2.24, 2.45) is 4.99 Å². The normalized spacial score (nSPS) is 17.5. The van der Waals surface area contributed by atoms with Gasteiger partial charge in [-0.05, 0) is 38.1 Å². The minimum Gasteiger partial charge on any atom is -0.548 e. The van der Waals surface area contributed by atoms with Crippen molar-refractivity contribution >= 4 is 28.7 Å². The minimum absolute atomic E-state index is 0.215. The molecule has 7 nitrogen and oxygen atoms in total. The third-order valence-electron chi connectivity index (χ3n) is 3.90. The van der Waals surface area contributed by atoms with Gasteiger partial charge in [-0.2, -0.15) is 11.8 Å². The average molecular weight is 370 g/mol. The maximum Gasteiger partial charge on any atom is 0.229 e. The number of furan rings is 1. The van der Waals surface area contributed by atoms with E-state index in [1.807, 2.05) is 0 Å². The first-order chi connectivity index (χ1) is 11.7. The second-order valence-corrected chi connectivity index (χ2v) is 7.81. The number of aromatic amines is 1. The Balaban J connectivity index is 1.39. The molecule has 0 amide bonds. The van der Waals surface area contributed by atoms with Crippen LogP contribution < -0.4 is 11.2 Å². The number of hydrogen-bond donors (Lipinski definition) is 2. The van der Waals surface area contributed by atoms with Gasteiger partial charge in [-0.1, -0.05) is 6.42 Å². The maximum absolute atomic E-state index is 11.1. The number of thioether (sulfide) groups is 1. The van der Waals surface area contributed by atoms with Gasteiger partial charge in [0.1, 0.15) is 11.5 Å². The lowest BCUT2D eigenvalue weighted by Gasteiger charge is -2.25. The van der Waals surface area contributed by atoms with Gasteiger partial charge in [0.15, 0.2) is 11.1 Å². The summed E-state index contributed by atoms with van der Waals surface area (Å²) in [4.78, 5) is 6.73. The minimum atomic E-state index is -1.46. The van der Waals surface area contributed by atoms with Gasteiger partial charge in [-0.25, -0.2) is 0 Å². The van der Waals surface area contributed by atoms with E-state index in [2.05, 4.69) is 30.8 Å². The van der Waals surface area contributed by atoms with E-state index in [-0.39, 0.29) is 5.82 Å². The highest BCUT2D eigenvalue weighted by molar-refractivity contribution is 7.98.